The van der Waals surface area contributed by atoms with E-state index in [9.17, 15) is 4.79 Å². The second-order valence-electron chi connectivity index (χ2n) is 3.43. The summed E-state index contributed by atoms with van der Waals surface area (Å²) < 4.78 is 10.3. The molecule has 0 amide bonds. The molecular weight excluding hydrogens is 156 g/mol. The number of carbonyl (C=O) groups is 1. The van der Waals surface area contributed by atoms with E-state index >= 15 is 0 Å². The van der Waals surface area contributed by atoms with Gasteiger partial charge < -0.3 is 9.47 Å². The van der Waals surface area contributed by atoms with E-state index in [1.165, 1.54) is 0 Å². The highest BCUT2D eigenvalue weighted by Gasteiger charge is 2.37. The van der Waals surface area contributed by atoms with Crippen LogP contribution in [0.2, 0.25) is 0 Å². The van der Waals surface area contributed by atoms with E-state index in [1.54, 1.807) is 0 Å². The highest BCUT2D eigenvalue weighted by atomic mass is 16.7. The summed E-state index contributed by atoms with van der Waals surface area (Å²) in [5.74, 6) is 0.539. The average molecular weight is 172 g/mol. The van der Waals surface area contributed by atoms with Crippen LogP contribution in [0.25, 0.3) is 0 Å². The van der Waals surface area contributed by atoms with E-state index in [0.717, 1.165) is 0 Å². The van der Waals surface area contributed by atoms with Crippen molar-refractivity contribution in [1.82, 2.24) is 0 Å². The summed E-state index contributed by atoms with van der Waals surface area (Å²) in [5.41, 5.74) is 0. The van der Waals surface area contributed by atoms with Crippen molar-refractivity contribution in [3.8, 4) is 0 Å². The minimum atomic E-state index is -0.303. The summed E-state index contributed by atoms with van der Waals surface area (Å²) in [6, 6.07) is 0. The lowest BCUT2D eigenvalue weighted by Crippen LogP contribution is -2.23. The summed E-state index contributed by atoms with van der Waals surface area (Å²) in [6.07, 6.45) is 0.199. The fourth-order valence-corrected chi connectivity index (χ4v) is 1.43. The van der Waals surface area contributed by atoms with Crippen LogP contribution in [0.5, 0.6) is 0 Å². The molecule has 0 aromatic heterocycles. The van der Waals surface area contributed by atoms with Crippen LogP contribution in [0, 0.1) is 11.8 Å². The summed E-state index contributed by atoms with van der Waals surface area (Å²) in [7, 11) is 0. The lowest BCUT2D eigenvalue weighted by molar-refractivity contribution is -0.167. The molecule has 0 aromatic rings. The van der Waals surface area contributed by atoms with Crippen LogP contribution < -0.4 is 0 Å². The second-order valence-corrected chi connectivity index (χ2v) is 3.43. The Kier molecular flexibility index (Phi) is 3.09. The summed E-state index contributed by atoms with van der Waals surface area (Å²) in [5, 5.41) is 0. The van der Waals surface area contributed by atoms with Crippen molar-refractivity contribution in [2.45, 2.75) is 33.5 Å². The molecule has 0 spiro atoms. The number of rotatable bonds is 3. The monoisotopic (exact) mass is 172 g/mol. The van der Waals surface area contributed by atoms with Gasteiger partial charge in [0.1, 0.15) is 0 Å². The van der Waals surface area contributed by atoms with Crippen LogP contribution in [0.4, 0.5) is 0 Å². The summed E-state index contributed by atoms with van der Waals surface area (Å²) >= 11 is 0. The molecular formula is C9H16O3. The third-order valence-corrected chi connectivity index (χ3v) is 2.19. The van der Waals surface area contributed by atoms with Crippen molar-refractivity contribution in [2.75, 3.05) is 6.61 Å². The van der Waals surface area contributed by atoms with Crippen LogP contribution >= 0.6 is 0 Å². The Bertz CT molecular complexity index is 165. The first-order valence-corrected chi connectivity index (χ1v) is 4.46. The van der Waals surface area contributed by atoms with Crippen molar-refractivity contribution >= 4 is 5.97 Å². The molecule has 1 heterocycles. The van der Waals surface area contributed by atoms with Gasteiger partial charge in [-0.2, -0.15) is 0 Å². The highest BCUT2D eigenvalue weighted by molar-refractivity contribution is 5.71. The van der Waals surface area contributed by atoms with Crippen molar-refractivity contribution in [2.24, 2.45) is 11.8 Å². The van der Waals surface area contributed by atoms with Gasteiger partial charge in [-0.25, -0.2) is 0 Å². The molecule has 3 heteroatoms. The van der Waals surface area contributed by atoms with Crippen LogP contribution in [-0.4, -0.2) is 18.9 Å². The van der Waals surface area contributed by atoms with E-state index in [4.69, 9.17) is 9.47 Å². The van der Waals surface area contributed by atoms with Gasteiger partial charge in [0.2, 0.25) is 6.29 Å². The predicted molar refractivity (Wildman–Crippen MR) is 44.5 cm³/mol. The SMILES string of the molecule is CCOC1OC(=O)CC1C(C)C. The fraction of sp³-hybridized carbons (Fsp3) is 0.889. The fourth-order valence-electron chi connectivity index (χ4n) is 1.43. The normalized spacial score (nSPS) is 29.5. The minimum absolute atomic E-state index is 0.132. The van der Waals surface area contributed by atoms with Crippen molar-refractivity contribution in [3.05, 3.63) is 0 Å². The Labute approximate surface area is 73.0 Å². The maximum absolute atomic E-state index is 10.9. The molecule has 0 aromatic carbocycles. The van der Waals surface area contributed by atoms with E-state index in [0.29, 0.717) is 18.9 Å². The number of hydrogen-bond donors (Lipinski definition) is 0. The molecule has 0 N–H and O–H groups in total. The van der Waals surface area contributed by atoms with Gasteiger partial charge in [0.15, 0.2) is 0 Å². The van der Waals surface area contributed by atoms with Gasteiger partial charge in [-0.05, 0) is 12.8 Å². The van der Waals surface area contributed by atoms with Gasteiger partial charge in [-0.15, -0.1) is 0 Å². The number of cyclic esters (lactones) is 1. The van der Waals surface area contributed by atoms with Gasteiger partial charge in [0.25, 0.3) is 0 Å². The molecule has 12 heavy (non-hydrogen) atoms. The zero-order valence-corrected chi connectivity index (χ0v) is 7.87. The maximum atomic E-state index is 10.9. The van der Waals surface area contributed by atoms with E-state index in [1.807, 2.05) is 6.92 Å². The van der Waals surface area contributed by atoms with Gasteiger partial charge in [-0.3, -0.25) is 4.79 Å². The lowest BCUT2D eigenvalue weighted by atomic mass is 9.94. The van der Waals surface area contributed by atoms with Crippen LogP contribution in [0.15, 0.2) is 0 Å². The van der Waals surface area contributed by atoms with Crippen molar-refractivity contribution in [3.63, 3.8) is 0 Å². The van der Waals surface area contributed by atoms with Gasteiger partial charge in [0, 0.05) is 12.5 Å². The van der Waals surface area contributed by atoms with E-state index in [2.05, 4.69) is 13.8 Å². The Morgan fingerprint density at radius 3 is 2.83 bits per heavy atom. The zero-order valence-electron chi connectivity index (χ0n) is 7.87. The highest BCUT2D eigenvalue weighted by Crippen LogP contribution is 2.29. The first-order chi connectivity index (χ1) is 5.65. The van der Waals surface area contributed by atoms with E-state index < -0.39 is 0 Å². The molecule has 1 aliphatic heterocycles. The lowest BCUT2D eigenvalue weighted by Gasteiger charge is -2.19. The van der Waals surface area contributed by atoms with E-state index in [-0.39, 0.29) is 18.2 Å². The Hall–Kier alpha value is -0.570. The van der Waals surface area contributed by atoms with Crippen LogP contribution in [0.1, 0.15) is 27.2 Å². The Morgan fingerprint density at radius 2 is 2.33 bits per heavy atom. The number of esters is 1. The van der Waals surface area contributed by atoms with Crippen LogP contribution in [-0.2, 0) is 14.3 Å². The molecule has 3 nitrogen and oxygen atoms in total. The molecule has 0 aliphatic carbocycles. The smallest absolute Gasteiger partial charge is 0.308 e. The molecule has 0 radical (unpaired) electrons. The summed E-state index contributed by atoms with van der Waals surface area (Å²) in [6.45, 7) is 6.67. The van der Waals surface area contributed by atoms with Crippen molar-refractivity contribution in [1.29, 1.82) is 0 Å². The predicted octanol–water partition coefficient (Wildman–Crippen LogP) is 1.57. The first-order valence-electron chi connectivity index (χ1n) is 4.46. The molecule has 1 fully saturated rings. The third-order valence-electron chi connectivity index (χ3n) is 2.19. The summed E-state index contributed by atoms with van der Waals surface area (Å²) in [4.78, 5) is 10.9. The molecule has 0 saturated carbocycles. The number of ether oxygens (including phenoxy) is 2. The quantitative estimate of drug-likeness (QED) is 0.606. The Morgan fingerprint density at radius 1 is 1.67 bits per heavy atom. The van der Waals surface area contributed by atoms with Crippen LogP contribution in [0.3, 0.4) is 0 Å². The third kappa shape index (κ3) is 1.97. The van der Waals surface area contributed by atoms with Gasteiger partial charge in [-0.1, -0.05) is 13.8 Å². The van der Waals surface area contributed by atoms with Gasteiger partial charge in [0.05, 0.1) is 6.42 Å². The maximum Gasteiger partial charge on any atom is 0.308 e. The number of hydrogen-bond acceptors (Lipinski definition) is 3. The minimum Gasteiger partial charge on any atom is -0.435 e. The Balaban J connectivity index is 2.53. The molecule has 2 atom stereocenters. The van der Waals surface area contributed by atoms with Gasteiger partial charge >= 0.3 is 5.97 Å². The molecule has 0 bridgehead atoms. The second kappa shape index (κ2) is 3.90. The number of carbonyl (C=O) groups excluding carboxylic acids is 1. The molecule has 2 unspecified atom stereocenters. The molecule has 1 aliphatic rings. The largest absolute Gasteiger partial charge is 0.435 e. The first kappa shape index (κ1) is 9.52. The molecule has 70 valence electrons. The molecule has 1 saturated heterocycles. The van der Waals surface area contributed by atoms with Crippen molar-refractivity contribution < 1.29 is 14.3 Å². The zero-order chi connectivity index (χ0) is 9.14. The standard InChI is InChI=1S/C9H16O3/c1-4-11-9-7(6(2)3)5-8(10)12-9/h6-7,9H,4-5H2,1-3H3. The molecule has 1 rings (SSSR count). The topological polar surface area (TPSA) is 35.5 Å². The average Bonchev–Trinajstić information content (AvgIpc) is 2.32.